The molecule has 0 bridgehead atoms. The summed E-state index contributed by atoms with van der Waals surface area (Å²) in [6.45, 7) is 1.26. The van der Waals surface area contributed by atoms with E-state index in [4.69, 9.17) is 4.74 Å². The molecule has 0 aromatic heterocycles. The van der Waals surface area contributed by atoms with Gasteiger partial charge in [-0.3, -0.25) is 0 Å². The third kappa shape index (κ3) is 3.30. The third-order valence-electron chi connectivity index (χ3n) is 3.71. The number of rotatable bonds is 3. The summed E-state index contributed by atoms with van der Waals surface area (Å²) in [5.41, 5.74) is -0.673. The fraction of sp³-hybridized carbons (Fsp3) is 0.571. The summed E-state index contributed by atoms with van der Waals surface area (Å²) in [7, 11) is 1.73. The van der Waals surface area contributed by atoms with Gasteiger partial charge in [-0.25, -0.2) is 4.39 Å². The average molecular weight is 291 g/mol. The molecule has 20 heavy (non-hydrogen) atoms. The molecular weight excluding hydrogens is 274 g/mol. The largest absolute Gasteiger partial charge is 0.419 e. The van der Waals surface area contributed by atoms with Crippen LogP contribution in [0.25, 0.3) is 0 Å². The molecule has 6 heteroatoms. The first-order valence-corrected chi connectivity index (χ1v) is 6.55. The van der Waals surface area contributed by atoms with E-state index < -0.39 is 17.6 Å². The van der Waals surface area contributed by atoms with Crippen LogP contribution in [0.1, 0.15) is 30.0 Å². The van der Waals surface area contributed by atoms with E-state index in [1.54, 1.807) is 7.05 Å². The van der Waals surface area contributed by atoms with Crippen molar-refractivity contribution in [2.24, 2.45) is 5.92 Å². The molecule has 1 fully saturated rings. The highest BCUT2D eigenvalue weighted by atomic mass is 19.4. The molecule has 1 saturated heterocycles. The lowest BCUT2D eigenvalue weighted by molar-refractivity contribution is -0.140. The van der Waals surface area contributed by atoms with E-state index in [2.05, 4.69) is 5.32 Å². The highest BCUT2D eigenvalue weighted by Crippen LogP contribution is 2.35. The quantitative estimate of drug-likeness (QED) is 0.860. The molecule has 1 aromatic carbocycles. The Balaban J connectivity index is 2.24. The van der Waals surface area contributed by atoms with Crippen LogP contribution < -0.4 is 5.32 Å². The smallest absolute Gasteiger partial charge is 0.381 e. The average Bonchev–Trinajstić information content (AvgIpc) is 2.39. The maximum atomic E-state index is 13.6. The van der Waals surface area contributed by atoms with Crippen LogP contribution in [0.3, 0.4) is 0 Å². The fourth-order valence-corrected chi connectivity index (χ4v) is 2.68. The van der Waals surface area contributed by atoms with Crippen molar-refractivity contribution in [1.29, 1.82) is 0 Å². The SMILES string of the molecule is CNC(c1ccc(C(F)(F)F)c(F)c1)C1CCOCC1. The lowest BCUT2D eigenvalue weighted by atomic mass is 9.87. The van der Waals surface area contributed by atoms with E-state index in [1.165, 1.54) is 6.07 Å². The van der Waals surface area contributed by atoms with Gasteiger partial charge in [0.1, 0.15) is 5.82 Å². The Bertz CT molecular complexity index is 455. The molecular formula is C14H17F4NO. The number of alkyl halides is 3. The summed E-state index contributed by atoms with van der Waals surface area (Å²) in [6.07, 6.45) is -3.03. The number of hydrogen-bond acceptors (Lipinski definition) is 2. The number of benzene rings is 1. The van der Waals surface area contributed by atoms with Gasteiger partial charge in [-0.1, -0.05) is 6.07 Å². The van der Waals surface area contributed by atoms with Crippen molar-refractivity contribution >= 4 is 0 Å². The Morgan fingerprint density at radius 2 is 1.90 bits per heavy atom. The lowest BCUT2D eigenvalue weighted by Gasteiger charge is -2.30. The van der Waals surface area contributed by atoms with Crippen molar-refractivity contribution in [1.82, 2.24) is 5.32 Å². The van der Waals surface area contributed by atoms with E-state index in [0.29, 0.717) is 18.8 Å². The summed E-state index contributed by atoms with van der Waals surface area (Å²) < 4.78 is 56.5. The topological polar surface area (TPSA) is 21.3 Å². The molecule has 1 aliphatic rings. The van der Waals surface area contributed by atoms with Gasteiger partial charge in [0.2, 0.25) is 0 Å². The maximum absolute atomic E-state index is 13.6. The van der Waals surface area contributed by atoms with Crippen LogP contribution in [0.5, 0.6) is 0 Å². The van der Waals surface area contributed by atoms with Crippen molar-refractivity contribution in [2.75, 3.05) is 20.3 Å². The van der Waals surface area contributed by atoms with Crippen molar-refractivity contribution in [2.45, 2.75) is 25.1 Å². The summed E-state index contributed by atoms with van der Waals surface area (Å²) in [4.78, 5) is 0. The highest BCUT2D eigenvalue weighted by Gasteiger charge is 2.34. The normalized spacial score (nSPS) is 19.1. The molecule has 1 unspecified atom stereocenters. The number of halogens is 4. The van der Waals surface area contributed by atoms with Crippen LogP contribution in [-0.4, -0.2) is 20.3 Å². The van der Waals surface area contributed by atoms with Crippen molar-refractivity contribution in [3.63, 3.8) is 0 Å². The summed E-state index contributed by atoms with van der Waals surface area (Å²) in [5, 5.41) is 3.07. The Kier molecular flexibility index (Phi) is 4.65. The third-order valence-corrected chi connectivity index (χ3v) is 3.71. The van der Waals surface area contributed by atoms with E-state index in [1.807, 2.05) is 0 Å². The molecule has 0 amide bonds. The van der Waals surface area contributed by atoms with Crippen LogP contribution in [-0.2, 0) is 10.9 Å². The number of nitrogens with one attached hydrogen (secondary N) is 1. The zero-order chi connectivity index (χ0) is 14.8. The van der Waals surface area contributed by atoms with Crippen molar-refractivity contribution in [3.8, 4) is 0 Å². The zero-order valence-electron chi connectivity index (χ0n) is 11.1. The predicted octanol–water partition coefficient (Wildman–Crippen LogP) is 3.53. The van der Waals surface area contributed by atoms with Crippen LogP contribution in [0.15, 0.2) is 18.2 Å². The molecule has 0 spiro atoms. The second-order valence-electron chi connectivity index (χ2n) is 4.95. The molecule has 2 nitrogen and oxygen atoms in total. The Morgan fingerprint density at radius 1 is 1.25 bits per heavy atom. The first-order chi connectivity index (χ1) is 9.43. The molecule has 2 rings (SSSR count). The Morgan fingerprint density at radius 3 is 2.40 bits per heavy atom. The molecule has 1 aliphatic heterocycles. The second-order valence-corrected chi connectivity index (χ2v) is 4.95. The van der Waals surface area contributed by atoms with Gasteiger partial charge >= 0.3 is 6.18 Å². The zero-order valence-corrected chi connectivity index (χ0v) is 11.1. The van der Waals surface area contributed by atoms with Crippen LogP contribution in [0, 0.1) is 11.7 Å². The standard InChI is InChI=1S/C14H17F4NO/c1-19-13(9-4-6-20-7-5-9)10-2-3-11(12(15)8-10)14(16,17)18/h2-3,8-9,13,19H,4-7H2,1H3. The summed E-state index contributed by atoms with van der Waals surface area (Å²) >= 11 is 0. The molecule has 1 heterocycles. The second kappa shape index (κ2) is 6.10. The minimum atomic E-state index is -4.66. The molecule has 1 N–H and O–H groups in total. The Labute approximate surface area is 115 Å². The van der Waals surface area contributed by atoms with Gasteiger partial charge in [0.25, 0.3) is 0 Å². The van der Waals surface area contributed by atoms with E-state index in [0.717, 1.165) is 25.0 Å². The lowest BCUT2D eigenvalue weighted by Crippen LogP contribution is -2.30. The monoisotopic (exact) mass is 291 g/mol. The van der Waals surface area contributed by atoms with Gasteiger partial charge < -0.3 is 10.1 Å². The van der Waals surface area contributed by atoms with Gasteiger partial charge in [-0.2, -0.15) is 13.2 Å². The van der Waals surface area contributed by atoms with Gasteiger partial charge in [0.15, 0.2) is 0 Å². The summed E-state index contributed by atoms with van der Waals surface area (Å²) in [6, 6.07) is 2.99. The molecule has 0 aliphatic carbocycles. The first-order valence-electron chi connectivity index (χ1n) is 6.55. The fourth-order valence-electron chi connectivity index (χ4n) is 2.68. The predicted molar refractivity (Wildman–Crippen MR) is 66.7 cm³/mol. The Hall–Kier alpha value is -1.14. The van der Waals surface area contributed by atoms with Crippen LogP contribution >= 0.6 is 0 Å². The first kappa shape index (κ1) is 15.3. The summed E-state index contributed by atoms with van der Waals surface area (Å²) in [5.74, 6) is -0.979. The molecule has 1 aromatic rings. The van der Waals surface area contributed by atoms with E-state index >= 15 is 0 Å². The number of hydrogen-bond donors (Lipinski definition) is 1. The van der Waals surface area contributed by atoms with Gasteiger partial charge in [-0.05, 0) is 43.5 Å². The van der Waals surface area contributed by atoms with Gasteiger partial charge in [0.05, 0.1) is 5.56 Å². The van der Waals surface area contributed by atoms with E-state index in [9.17, 15) is 17.6 Å². The van der Waals surface area contributed by atoms with Gasteiger partial charge in [-0.15, -0.1) is 0 Å². The minimum Gasteiger partial charge on any atom is -0.381 e. The minimum absolute atomic E-state index is 0.157. The van der Waals surface area contributed by atoms with E-state index in [-0.39, 0.29) is 12.0 Å². The molecule has 0 radical (unpaired) electrons. The molecule has 1 atom stereocenters. The molecule has 0 saturated carbocycles. The van der Waals surface area contributed by atoms with Crippen LogP contribution in [0.4, 0.5) is 17.6 Å². The van der Waals surface area contributed by atoms with Crippen molar-refractivity contribution in [3.05, 3.63) is 35.1 Å². The van der Waals surface area contributed by atoms with Gasteiger partial charge in [0, 0.05) is 19.3 Å². The van der Waals surface area contributed by atoms with Crippen LogP contribution in [0.2, 0.25) is 0 Å². The van der Waals surface area contributed by atoms with Crippen molar-refractivity contribution < 1.29 is 22.3 Å². The molecule has 112 valence electrons. The maximum Gasteiger partial charge on any atom is 0.419 e. The highest BCUT2D eigenvalue weighted by molar-refractivity contribution is 5.29. The number of ether oxygens (including phenoxy) is 1.